The third-order valence-corrected chi connectivity index (χ3v) is 4.56. The van der Waals surface area contributed by atoms with Gasteiger partial charge in [0.15, 0.2) is 0 Å². The highest BCUT2D eigenvalue weighted by Crippen LogP contribution is 2.30. The summed E-state index contributed by atoms with van der Waals surface area (Å²) in [4.78, 5) is 14.8. The van der Waals surface area contributed by atoms with E-state index in [1.807, 2.05) is 47.4 Å². The number of anilines is 2. The second-order valence-electron chi connectivity index (χ2n) is 6.25. The number of carbonyl (C=O) groups excluding carboxylic acids is 1. The molecule has 1 aliphatic heterocycles. The van der Waals surface area contributed by atoms with Gasteiger partial charge in [-0.05, 0) is 35.7 Å². The van der Waals surface area contributed by atoms with E-state index in [1.54, 1.807) is 6.07 Å². The molecule has 0 atom stereocenters. The first-order valence-corrected chi connectivity index (χ1v) is 8.64. The Bertz CT molecular complexity index is 952. The van der Waals surface area contributed by atoms with Crippen LogP contribution in [0.2, 0.25) is 0 Å². The molecule has 26 heavy (non-hydrogen) atoms. The lowest BCUT2D eigenvalue weighted by molar-refractivity contribution is 0.0304. The summed E-state index contributed by atoms with van der Waals surface area (Å²) in [5.74, 6) is -0.278. The summed E-state index contributed by atoms with van der Waals surface area (Å²) < 4.78 is 18.8. The Morgan fingerprint density at radius 2 is 1.73 bits per heavy atom. The zero-order valence-corrected chi connectivity index (χ0v) is 14.2. The highest BCUT2D eigenvalue weighted by Gasteiger charge is 2.21. The van der Waals surface area contributed by atoms with E-state index in [4.69, 9.17) is 4.74 Å². The Morgan fingerprint density at radius 3 is 2.50 bits per heavy atom. The Hall–Kier alpha value is -2.92. The van der Waals surface area contributed by atoms with Gasteiger partial charge in [-0.25, -0.2) is 4.39 Å². The fourth-order valence-corrected chi connectivity index (χ4v) is 3.25. The molecule has 1 aliphatic rings. The molecule has 0 aliphatic carbocycles. The molecule has 1 saturated heterocycles. The van der Waals surface area contributed by atoms with Crippen molar-refractivity contribution in [2.24, 2.45) is 0 Å². The SMILES string of the molecule is O=C(c1ccc(Nc2cccc(F)c2)c2ccccc12)N1CCOCC1. The van der Waals surface area contributed by atoms with Crippen molar-refractivity contribution in [3.63, 3.8) is 0 Å². The van der Waals surface area contributed by atoms with Crippen LogP contribution in [0.15, 0.2) is 60.7 Å². The highest BCUT2D eigenvalue weighted by atomic mass is 19.1. The fraction of sp³-hybridized carbons (Fsp3) is 0.190. The summed E-state index contributed by atoms with van der Waals surface area (Å²) >= 11 is 0. The van der Waals surface area contributed by atoms with E-state index in [0.29, 0.717) is 37.6 Å². The van der Waals surface area contributed by atoms with Gasteiger partial charge < -0.3 is 15.0 Å². The molecule has 4 nitrogen and oxygen atoms in total. The van der Waals surface area contributed by atoms with Crippen LogP contribution in [-0.4, -0.2) is 37.1 Å². The number of carbonyl (C=O) groups is 1. The summed E-state index contributed by atoms with van der Waals surface area (Å²) in [7, 11) is 0. The second-order valence-corrected chi connectivity index (χ2v) is 6.25. The lowest BCUT2D eigenvalue weighted by Crippen LogP contribution is -2.40. The van der Waals surface area contributed by atoms with E-state index in [0.717, 1.165) is 16.5 Å². The standard InChI is InChI=1S/C21H19FN2O2/c22-15-4-3-5-16(14-15)23-20-9-8-19(17-6-1-2-7-18(17)20)21(25)24-10-12-26-13-11-24/h1-9,14,23H,10-13H2. The third-order valence-electron chi connectivity index (χ3n) is 4.56. The molecule has 3 aromatic rings. The van der Waals surface area contributed by atoms with Crippen LogP contribution in [-0.2, 0) is 4.74 Å². The van der Waals surface area contributed by atoms with E-state index >= 15 is 0 Å². The van der Waals surface area contributed by atoms with Crippen molar-refractivity contribution in [2.75, 3.05) is 31.6 Å². The lowest BCUT2D eigenvalue weighted by Gasteiger charge is -2.27. The van der Waals surface area contributed by atoms with Crippen molar-refractivity contribution >= 4 is 28.1 Å². The first kappa shape index (κ1) is 16.5. The van der Waals surface area contributed by atoms with Crippen molar-refractivity contribution < 1.29 is 13.9 Å². The van der Waals surface area contributed by atoms with Gasteiger partial charge in [-0.2, -0.15) is 0 Å². The van der Waals surface area contributed by atoms with Gasteiger partial charge in [0.1, 0.15) is 5.82 Å². The number of benzene rings is 3. The van der Waals surface area contributed by atoms with Crippen LogP contribution >= 0.6 is 0 Å². The van der Waals surface area contributed by atoms with E-state index < -0.39 is 0 Å². The number of ether oxygens (including phenoxy) is 1. The quantitative estimate of drug-likeness (QED) is 0.770. The molecular weight excluding hydrogens is 331 g/mol. The van der Waals surface area contributed by atoms with Crippen molar-refractivity contribution in [2.45, 2.75) is 0 Å². The first-order valence-electron chi connectivity index (χ1n) is 8.64. The van der Waals surface area contributed by atoms with E-state index in [9.17, 15) is 9.18 Å². The number of nitrogens with one attached hydrogen (secondary N) is 1. The summed E-state index contributed by atoms with van der Waals surface area (Å²) in [5, 5.41) is 5.06. The molecule has 0 radical (unpaired) electrons. The van der Waals surface area contributed by atoms with Crippen molar-refractivity contribution in [3.05, 3.63) is 72.0 Å². The average molecular weight is 350 g/mol. The normalized spacial score (nSPS) is 14.4. The van der Waals surface area contributed by atoms with Crippen LogP contribution < -0.4 is 5.32 Å². The Morgan fingerprint density at radius 1 is 0.962 bits per heavy atom. The molecule has 1 amide bonds. The van der Waals surface area contributed by atoms with Crippen molar-refractivity contribution in [1.29, 1.82) is 0 Å². The average Bonchev–Trinajstić information content (AvgIpc) is 2.68. The maximum absolute atomic E-state index is 13.5. The Balaban J connectivity index is 1.72. The monoisotopic (exact) mass is 350 g/mol. The highest BCUT2D eigenvalue weighted by molar-refractivity contribution is 6.10. The maximum atomic E-state index is 13.5. The summed E-state index contributed by atoms with van der Waals surface area (Å²) in [6.45, 7) is 2.36. The third kappa shape index (κ3) is 3.26. The van der Waals surface area contributed by atoms with Gasteiger partial charge in [-0.3, -0.25) is 4.79 Å². The molecule has 0 spiro atoms. The fourth-order valence-electron chi connectivity index (χ4n) is 3.25. The number of nitrogens with zero attached hydrogens (tertiary/aromatic N) is 1. The van der Waals surface area contributed by atoms with Gasteiger partial charge in [0.2, 0.25) is 0 Å². The number of morpholine rings is 1. The first-order chi connectivity index (χ1) is 12.7. The van der Waals surface area contributed by atoms with Crippen LogP contribution in [0, 0.1) is 5.82 Å². The molecule has 0 saturated carbocycles. The van der Waals surface area contributed by atoms with Crippen LogP contribution in [0.1, 0.15) is 10.4 Å². The lowest BCUT2D eigenvalue weighted by atomic mass is 10.0. The summed E-state index contributed by atoms with van der Waals surface area (Å²) in [6.07, 6.45) is 0. The molecule has 132 valence electrons. The topological polar surface area (TPSA) is 41.6 Å². The largest absolute Gasteiger partial charge is 0.378 e. The van der Waals surface area contributed by atoms with Crippen LogP contribution in [0.25, 0.3) is 10.8 Å². The molecule has 1 fully saturated rings. The number of hydrogen-bond acceptors (Lipinski definition) is 3. The minimum absolute atomic E-state index is 0.0156. The molecule has 3 aromatic carbocycles. The summed E-state index contributed by atoms with van der Waals surface area (Å²) in [5.41, 5.74) is 2.18. The Labute approximate surface area is 151 Å². The minimum atomic E-state index is -0.293. The molecular formula is C21H19FN2O2. The van der Waals surface area contributed by atoms with Crippen LogP contribution in [0.5, 0.6) is 0 Å². The van der Waals surface area contributed by atoms with Gasteiger partial charge in [0.25, 0.3) is 5.91 Å². The maximum Gasteiger partial charge on any atom is 0.254 e. The van der Waals surface area contributed by atoms with Gasteiger partial charge in [0, 0.05) is 35.4 Å². The number of fused-ring (bicyclic) bond motifs is 1. The zero-order valence-electron chi connectivity index (χ0n) is 14.2. The number of rotatable bonds is 3. The van der Waals surface area contributed by atoms with Crippen LogP contribution in [0.4, 0.5) is 15.8 Å². The molecule has 1 N–H and O–H groups in total. The van der Waals surface area contributed by atoms with Gasteiger partial charge in [-0.15, -0.1) is 0 Å². The summed E-state index contributed by atoms with van der Waals surface area (Å²) in [6, 6.07) is 17.8. The smallest absolute Gasteiger partial charge is 0.254 e. The van der Waals surface area contributed by atoms with Crippen molar-refractivity contribution in [1.82, 2.24) is 4.90 Å². The second kappa shape index (κ2) is 7.14. The Kier molecular flexibility index (Phi) is 4.54. The number of hydrogen-bond donors (Lipinski definition) is 1. The van der Waals surface area contributed by atoms with E-state index in [-0.39, 0.29) is 11.7 Å². The zero-order chi connectivity index (χ0) is 17.9. The molecule has 0 aromatic heterocycles. The minimum Gasteiger partial charge on any atom is -0.378 e. The molecule has 4 rings (SSSR count). The van der Waals surface area contributed by atoms with Gasteiger partial charge in [-0.1, -0.05) is 30.3 Å². The molecule has 0 bridgehead atoms. The van der Waals surface area contributed by atoms with Gasteiger partial charge in [0.05, 0.1) is 13.2 Å². The number of amides is 1. The van der Waals surface area contributed by atoms with Crippen molar-refractivity contribution in [3.8, 4) is 0 Å². The number of halogens is 1. The van der Waals surface area contributed by atoms with Crippen LogP contribution in [0.3, 0.4) is 0 Å². The van der Waals surface area contributed by atoms with Gasteiger partial charge >= 0.3 is 0 Å². The van der Waals surface area contributed by atoms with E-state index in [1.165, 1.54) is 12.1 Å². The van der Waals surface area contributed by atoms with E-state index in [2.05, 4.69) is 5.32 Å². The predicted molar refractivity (Wildman–Crippen MR) is 100 cm³/mol. The molecule has 1 heterocycles. The molecule has 0 unspecified atom stereocenters. The predicted octanol–water partition coefficient (Wildman–Crippen LogP) is 4.19. The molecule has 5 heteroatoms.